The zero-order chi connectivity index (χ0) is 21.0. The van der Waals surface area contributed by atoms with Crippen molar-refractivity contribution in [2.45, 2.75) is 25.8 Å². The molecule has 5 nitrogen and oxygen atoms in total. The molecule has 0 bridgehead atoms. The van der Waals surface area contributed by atoms with Gasteiger partial charge >= 0.3 is 0 Å². The number of fused-ring (bicyclic) bond motifs is 2. The van der Waals surface area contributed by atoms with Crippen LogP contribution in [0, 0.1) is 0 Å². The third-order valence-corrected chi connectivity index (χ3v) is 6.63. The Bertz CT molecular complexity index is 965. The third-order valence-electron chi connectivity index (χ3n) is 6.63. The number of nitrogens with one attached hydrogen (secondary N) is 1. The third kappa shape index (κ3) is 4.59. The number of hydrogen-bond donors (Lipinski definition) is 1. The molecule has 0 radical (unpaired) electrons. The summed E-state index contributed by atoms with van der Waals surface area (Å²) in [7, 11) is 0. The van der Waals surface area contributed by atoms with Gasteiger partial charge in [-0.3, -0.25) is 14.8 Å². The molecule has 3 heterocycles. The summed E-state index contributed by atoms with van der Waals surface area (Å²) < 4.78 is 6.39. The summed E-state index contributed by atoms with van der Waals surface area (Å²) in [5, 5.41) is 3.46. The Morgan fingerprint density at radius 3 is 3.03 bits per heavy atom. The fraction of sp³-hybridized carbons (Fsp3) is 0.423. The second-order valence-electron chi connectivity index (χ2n) is 8.79. The fourth-order valence-corrected chi connectivity index (χ4v) is 4.86. The van der Waals surface area contributed by atoms with Gasteiger partial charge in [0.2, 0.25) is 0 Å². The fourth-order valence-electron chi connectivity index (χ4n) is 4.86. The molecule has 2 aliphatic carbocycles. The van der Waals surface area contributed by atoms with Gasteiger partial charge in [-0.1, -0.05) is 48.1 Å². The summed E-state index contributed by atoms with van der Waals surface area (Å²) in [6, 6.07) is 4.56. The van der Waals surface area contributed by atoms with Crippen LogP contribution in [0.1, 0.15) is 24.6 Å². The van der Waals surface area contributed by atoms with E-state index in [0.717, 1.165) is 63.6 Å². The van der Waals surface area contributed by atoms with E-state index in [1.54, 1.807) is 0 Å². The summed E-state index contributed by atoms with van der Waals surface area (Å²) in [5.41, 5.74) is 6.37. The van der Waals surface area contributed by atoms with Crippen LogP contribution in [0.25, 0.3) is 5.76 Å². The monoisotopic (exact) mass is 416 g/mol. The lowest BCUT2D eigenvalue weighted by atomic mass is 10.0. The lowest BCUT2D eigenvalue weighted by Gasteiger charge is -2.35. The first-order valence-electron chi connectivity index (χ1n) is 11.5. The maximum Gasteiger partial charge on any atom is 0.151 e. The van der Waals surface area contributed by atoms with Crippen LogP contribution in [0.3, 0.4) is 0 Å². The van der Waals surface area contributed by atoms with Crippen LogP contribution in [0.5, 0.6) is 0 Å². The normalized spacial score (nSPS) is 23.1. The van der Waals surface area contributed by atoms with Crippen molar-refractivity contribution in [3.05, 3.63) is 82.8 Å². The summed E-state index contributed by atoms with van der Waals surface area (Å²) >= 11 is 0. The quantitative estimate of drug-likeness (QED) is 0.816. The maximum absolute atomic E-state index is 6.39. The van der Waals surface area contributed by atoms with E-state index in [9.17, 15) is 0 Å². The summed E-state index contributed by atoms with van der Waals surface area (Å²) in [4.78, 5) is 9.71. The van der Waals surface area contributed by atoms with Crippen molar-refractivity contribution in [2.24, 2.45) is 0 Å². The Labute approximate surface area is 185 Å². The zero-order valence-electron chi connectivity index (χ0n) is 18.4. The first kappa shape index (κ1) is 20.4. The highest BCUT2D eigenvalue weighted by Crippen LogP contribution is 2.33. The molecule has 2 aliphatic heterocycles. The molecule has 0 aromatic carbocycles. The number of piperazine rings is 1. The highest BCUT2D eigenvalue weighted by molar-refractivity contribution is 5.69. The van der Waals surface area contributed by atoms with E-state index >= 15 is 0 Å². The molecule has 5 heteroatoms. The molecule has 0 saturated carbocycles. The van der Waals surface area contributed by atoms with Crippen LogP contribution in [0.15, 0.2) is 71.5 Å². The van der Waals surface area contributed by atoms with Crippen molar-refractivity contribution in [1.82, 2.24) is 20.1 Å². The highest BCUT2D eigenvalue weighted by Gasteiger charge is 2.29. The molecule has 1 N–H and O–H groups in total. The average Bonchev–Trinajstić information content (AvgIpc) is 3.16. The van der Waals surface area contributed by atoms with Crippen LogP contribution >= 0.6 is 0 Å². The number of rotatable bonds is 4. The van der Waals surface area contributed by atoms with Gasteiger partial charge in [0, 0.05) is 57.1 Å². The van der Waals surface area contributed by atoms with Gasteiger partial charge < -0.3 is 10.1 Å². The maximum atomic E-state index is 6.39. The minimum absolute atomic E-state index is 0.307. The molecule has 1 aromatic rings. The van der Waals surface area contributed by atoms with E-state index < -0.39 is 0 Å². The van der Waals surface area contributed by atoms with Gasteiger partial charge in [0.25, 0.3) is 0 Å². The topological polar surface area (TPSA) is 40.6 Å². The number of aromatic nitrogens is 1. The van der Waals surface area contributed by atoms with Crippen LogP contribution in [0.2, 0.25) is 0 Å². The lowest BCUT2D eigenvalue weighted by molar-refractivity contribution is 0.0773. The van der Waals surface area contributed by atoms with Crippen molar-refractivity contribution >= 4 is 5.76 Å². The molecule has 0 amide bonds. The summed E-state index contributed by atoms with van der Waals surface area (Å²) in [5.74, 6) is 0.974. The van der Waals surface area contributed by atoms with Crippen LogP contribution in [-0.2, 0) is 11.2 Å². The second kappa shape index (κ2) is 9.35. The van der Waals surface area contributed by atoms with Crippen LogP contribution < -0.4 is 5.32 Å². The molecule has 5 rings (SSSR count). The second-order valence-corrected chi connectivity index (χ2v) is 8.79. The standard InChI is InChI=1S/C26H32N4O/c1-20(22-7-4-2-3-5-8-22)30-18-24-16-21(17-29-13-11-27-12-14-29)15-23-9-6-10-28-25(23)26(24)31-19-30/h2-4,6-10,16,20,27H,5,11-15,17-19H2,1H3. The number of nitrogens with zero attached hydrogens (tertiary/aromatic N) is 3. The van der Waals surface area contributed by atoms with E-state index in [2.05, 4.69) is 64.6 Å². The van der Waals surface area contributed by atoms with Gasteiger partial charge in [-0.2, -0.15) is 0 Å². The predicted octanol–water partition coefficient (Wildman–Crippen LogP) is 3.30. The van der Waals surface area contributed by atoms with E-state index in [0.29, 0.717) is 12.8 Å². The smallest absolute Gasteiger partial charge is 0.151 e. The zero-order valence-corrected chi connectivity index (χ0v) is 18.4. The predicted molar refractivity (Wildman–Crippen MR) is 125 cm³/mol. The number of pyridine rings is 1. The Morgan fingerprint density at radius 1 is 1.23 bits per heavy atom. The van der Waals surface area contributed by atoms with E-state index in [4.69, 9.17) is 9.72 Å². The Hall–Kier alpha value is -2.47. The van der Waals surface area contributed by atoms with Crippen molar-refractivity contribution in [2.75, 3.05) is 46.0 Å². The van der Waals surface area contributed by atoms with Gasteiger partial charge in [0.1, 0.15) is 12.4 Å². The van der Waals surface area contributed by atoms with Crippen molar-refractivity contribution in [3.8, 4) is 0 Å². The molecule has 0 spiro atoms. The lowest BCUT2D eigenvalue weighted by Crippen LogP contribution is -2.44. The largest absolute Gasteiger partial charge is 0.475 e. The molecule has 4 aliphatic rings. The van der Waals surface area contributed by atoms with E-state index in [-0.39, 0.29) is 0 Å². The number of hydrogen-bond acceptors (Lipinski definition) is 5. The molecule has 1 fully saturated rings. The summed E-state index contributed by atoms with van der Waals surface area (Å²) in [6.07, 6.45) is 17.2. The van der Waals surface area contributed by atoms with Crippen molar-refractivity contribution in [1.29, 1.82) is 0 Å². The van der Waals surface area contributed by atoms with E-state index in [1.807, 2.05) is 12.3 Å². The molecule has 162 valence electrons. The van der Waals surface area contributed by atoms with Crippen molar-refractivity contribution < 1.29 is 4.74 Å². The SMILES string of the molecule is CC(C1=CCC=CC=C1)N1COC2=C(C=C(CN3CCNCC3)Cc3cccnc32)C1. The van der Waals surface area contributed by atoms with Gasteiger partial charge in [-0.15, -0.1) is 0 Å². The minimum Gasteiger partial charge on any atom is -0.475 e. The van der Waals surface area contributed by atoms with Crippen LogP contribution in [-0.4, -0.2) is 66.8 Å². The Morgan fingerprint density at radius 2 is 2.13 bits per heavy atom. The van der Waals surface area contributed by atoms with E-state index in [1.165, 1.54) is 22.3 Å². The Balaban J connectivity index is 1.42. The molecule has 31 heavy (non-hydrogen) atoms. The minimum atomic E-state index is 0.307. The average molecular weight is 417 g/mol. The number of ether oxygens (including phenoxy) is 1. The van der Waals surface area contributed by atoms with Gasteiger partial charge in [0.15, 0.2) is 5.76 Å². The molecule has 1 saturated heterocycles. The molecular formula is C26H32N4O. The molecular weight excluding hydrogens is 384 g/mol. The number of allylic oxidation sites excluding steroid dienone is 4. The summed E-state index contributed by atoms with van der Waals surface area (Å²) in [6.45, 7) is 9.14. The molecule has 1 unspecified atom stereocenters. The van der Waals surface area contributed by atoms with Crippen molar-refractivity contribution in [3.63, 3.8) is 0 Å². The van der Waals surface area contributed by atoms with Gasteiger partial charge in [0.05, 0.1) is 0 Å². The van der Waals surface area contributed by atoms with Crippen LogP contribution in [0.4, 0.5) is 0 Å². The molecule has 1 aromatic heterocycles. The van der Waals surface area contributed by atoms with Gasteiger partial charge in [-0.25, -0.2) is 0 Å². The first-order valence-corrected chi connectivity index (χ1v) is 11.5. The molecule has 1 atom stereocenters. The highest BCUT2D eigenvalue weighted by atomic mass is 16.5. The van der Waals surface area contributed by atoms with Gasteiger partial charge in [-0.05, 0) is 37.0 Å². The first-order chi connectivity index (χ1) is 15.3. The Kier molecular flexibility index (Phi) is 6.16.